The SMILES string of the molecule is CC(Cn1ccnc1)Nc1ccc2n[nH]c(=O)n2n1. The molecule has 3 aromatic rings. The van der Waals surface area contributed by atoms with Gasteiger partial charge in [-0.3, -0.25) is 0 Å². The lowest BCUT2D eigenvalue weighted by atomic mass is 10.3. The molecule has 0 aliphatic rings. The largest absolute Gasteiger partial charge is 0.364 e. The molecule has 0 spiro atoms. The molecule has 8 nitrogen and oxygen atoms in total. The number of nitrogens with one attached hydrogen (secondary N) is 2. The second kappa shape index (κ2) is 4.56. The van der Waals surface area contributed by atoms with Crippen molar-refractivity contribution in [2.24, 2.45) is 0 Å². The molecule has 0 aliphatic heterocycles. The van der Waals surface area contributed by atoms with Gasteiger partial charge in [0.25, 0.3) is 0 Å². The van der Waals surface area contributed by atoms with E-state index in [0.29, 0.717) is 11.5 Å². The van der Waals surface area contributed by atoms with Crippen LogP contribution in [-0.4, -0.2) is 35.4 Å². The third-order valence-electron chi connectivity index (χ3n) is 2.71. The van der Waals surface area contributed by atoms with E-state index < -0.39 is 0 Å². The molecule has 1 unspecified atom stereocenters. The second-order valence-electron chi connectivity index (χ2n) is 4.32. The fourth-order valence-electron chi connectivity index (χ4n) is 1.89. The zero-order valence-corrected chi connectivity index (χ0v) is 10.3. The summed E-state index contributed by atoms with van der Waals surface area (Å²) < 4.78 is 3.20. The normalized spacial score (nSPS) is 12.7. The summed E-state index contributed by atoms with van der Waals surface area (Å²) in [5.41, 5.74) is 0.152. The molecule has 3 aromatic heterocycles. The van der Waals surface area contributed by atoms with Crippen molar-refractivity contribution < 1.29 is 0 Å². The number of hydrogen-bond donors (Lipinski definition) is 2. The maximum Gasteiger partial charge on any atom is 0.364 e. The number of rotatable bonds is 4. The number of fused-ring (bicyclic) bond motifs is 1. The molecule has 0 aromatic carbocycles. The van der Waals surface area contributed by atoms with Crippen molar-refractivity contribution >= 4 is 11.5 Å². The number of aromatic amines is 1. The molecule has 0 aliphatic carbocycles. The van der Waals surface area contributed by atoms with E-state index in [0.717, 1.165) is 6.54 Å². The summed E-state index contributed by atoms with van der Waals surface area (Å²) in [6, 6.07) is 3.68. The third kappa shape index (κ3) is 2.32. The van der Waals surface area contributed by atoms with Crippen molar-refractivity contribution in [1.82, 2.24) is 29.4 Å². The standard InChI is InChI=1S/C11H13N7O/c1-8(6-17-5-4-12-7-17)13-9-2-3-10-14-15-11(19)18(10)16-9/h2-5,7-8H,6H2,1H3,(H,13,16)(H,15,19). The van der Waals surface area contributed by atoms with Crippen LogP contribution >= 0.6 is 0 Å². The minimum Gasteiger partial charge on any atom is -0.364 e. The highest BCUT2D eigenvalue weighted by atomic mass is 16.2. The number of hydrogen-bond acceptors (Lipinski definition) is 5. The van der Waals surface area contributed by atoms with Gasteiger partial charge in [0, 0.05) is 25.0 Å². The van der Waals surface area contributed by atoms with Crippen LogP contribution in [0.2, 0.25) is 0 Å². The number of aromatic nitrogens is 6. The van der Waals surface area contributed by atoms with Crippen LogP contribution < -0.4 is 11.0 Å². The Balaban J connectivity index is 1.77. The first-order valence-corrected chi connectivity index (χ1v) is 5.89. The molecule has 0 saturated heterocycles. The molecule has 98 valence electrons. The minimum atomic E-state index is -0.346. The fraction of sp³-hybridized carbons (Fsp3) is 0.273. The highest BCUT2D eigenvalue weighted by Crippen LogP contribution is 2.05. The Bertz CT molecular complexity index is 727. The topological polar surface area (TPSA) is 92.9 Å². The fourth-order valence-corrected chi connectivity index (χ4v) is 1.89. The minimum absolute atomic E-state index is 0.154. The Morgan fingerprint density at radius 3 is 3.16 bits per heavy atom. The van der Waals surface area contributed by atoms with Gasteiger partial charge in [0.1, 0.15) is 5.82 Å². The Kier molecular flexibility index (Phi) is 2.75. The van der Waals surface area contributed by atoms with Crippen LogP contribution in [-0.2, 0) is 6.54 Å². The predicted octanol–water partition coefficient (Wildman–Crippen LogP) is 0.115. The zero-order chi connectivity index (χ0) is 13.2. The van der Waals surface area contributed by atoms with Crippen LogP contribution in [0.15, 0.2) is 35.6 Å². The molecule has 3 heterocycles. The van der Waals surface area contributed by atoms with Crippen molar-refractivity contribution in [2.45, 2.75) is 19.5 Å². The Morgan fingerprint density at radius 2 is 2.37 bits per heavy atom. The summed E-state index contributed by atoms with van der Waals surface area (Å²) in [5.74, 6) is 0.628. The van der Waals surface area contributed by atoms with Gasteiger partial charge in [0.05, 0.1) is 6.33 Å². The summed E-state index contributed by atoms with van der Waals surface area (Å²) in [6.45, 7) is 2.80. The molecule has 0 amide bonds. The van der Waals surface area contributed by atoms with Crippen LogP contribution in [0.3, 0.4) is 0 Å². The van der Waals surface area contributed by atoms with E-state index in [4.69, 9.17) is 0 Å². The number of anilines is 1. The summed E-state index contributed by atoms with van der Waals surface area (Å²) >= 11 is 0. The summed E-state index contributed by atoms with van der Waals surface area (Å²) in [4.78, 5) is 15.4. The van der Waals surface area contributed by atoms with E-state index >= 15 is 0 Å². The van der Waals surface area contributed by atoms with Crippen LogP contribution in [0.5, 0.6) is 0 Å². The molecule has 8 heteroatoms. The lowest BCUT2D eigenvalue weighted by Crippen LogP contribution is -2.23. The summed E-state index contributed by atoms with van der Waals surface area (Å²) in [6.07, 6.45) is 5.40. The van der Waals surface area contributed by atoms with E-state index in [1.165, 1.54) is 4.52 Å². The quantitative estimate of drug-likeness (QED) is 0.694. The van der Waals surface area contributed by atoms with Gasteiger partial charge < -0.3 is 9.88 Å². The average molecular weight is 259 g/mol. The van der Waals surface area contributed by atoms with Crippen molar-refractivity contribution in [3.05, 3.63) is 41.3 Å². The van der Waals surface area contributed by atoms with Crippen molar-refractivity contribution in [2.75, 3.05) is 5.32 Å². The molecular weight excluding hydrogens is 246 g/mol. The van der Waals surface area contributed by atoms with Gasteiger partial charge in [0.2, 0.25) is 0 Å². The number of H-pyrrole nitrogens is 1. The van der Waals surface area contributed by atoms with Gasteiger partial charge in [-0.1, -0.05) is 0 Å². The van der Waals surface area contributed by atoms with Crippen molar-refractivity contribution in [3.63, 3.8) is 0 Å². The van der Waals surface area contributed by atoms with Crippen LogP contribution in [0.1, 0.15) is 6.92 Å². The zero-order valence-electron chi connectivity index (χ0n) is 10.3. The lowest BCUT2D eigenvalue weighted by Gasteiger charge is -2.14. The number of nitrogens with zero attached hydrogens (tertiary/aromatic N) is 5. The first kappa shape index (κ1) is 11.5. The van der Waals surface area contributed by atoms with E-state index in [9.17, 15) is 4.79 Å². The Hall–Kier alpha value is -2.64. The van der Waals surface area contributed by atoms with E-state index in [1.807, 2.05) is 17.7 Å². The first-order valence-electron chi connectivity index (χ1n) is 5.89. The van der Waals surface area contributed by atoms with Crippen molar-refractivity contribution in [1.29, 1.82) is 0 Å². The van der Waals surface area contributed by atoms with Gasteiger partial charge in [0.15, 0.2) is 5.65 Å². The second-order valence-corrected chi connectivity index (χ2v) is 4.32. The molecule has 2 N–H and O–H groups in total. The maximum absolute atomic E-state index is 11.4. The highest BCUT2D eigenvalue weighted by Gasteiger charge is 2.06. The third-order valence-corrected chi connectivity index (χ3v) is 2.71. The van der Waals surface area contributed by atoms with Gasteiger partial charge in [-0.2, -0.15) is 9.61 Å². The molecule has 0 fully saturated rings. The number of imidazole rings is 1. The Labute approximate surface area is 108 Å². The molecule has 0 bridgehead atoms. The Morgan fingerprint density at radius 1 is 1.47 bits per heavy atom. The lowest BCUT2D eigenvalue weighted by molar-refractivity contribution is 0.615. The molecule has 1 atom stereocenters. The van der Waals surface area contributed by atoms with Gasteiger partial charge in [-0.15, -0.1) is 5.10 Å². The van der Waals surface area contributed by atoms with E-state index in [1.54, 1.807) is 24.7 Å². The average Bonchev–Trinajstić information content (AvgIpc) is 3.00. The van der Waals surface area contributed by atoms with E-state index in [2.05, 4.69) is 25.6 Å². The van der Waals surface area contributed by atoms with Gasteiger partial charge in [-0.25, -0.2) is 14.9 Å². The van der Waals surface area contributed by atoms with Crippen molar-refractivity contribution in [3.8, 4) is 0 Å². The predicted molar refractivity (Wildman–Crippen MR) is 68.9 cm³/mol. The molecule has 0 saturated carbocycles. The molecular formula is C11H13N7O. The summed E-state index contributed by atoms with van der Waals surface area (Å²) in [5, 5.41) is 13.6. The van der Waals surface area contributed by atoms with Crippen LogP contribution in [0.25, 0.3) is 5.65 Å². The smallest absolute Gasteiger partial charge is 0.364 e. The monoisotopic (exact) mass is 259 g/mol. The highest BCUT2D eigenvalue weighted by molar-refractivity contribution is 5.43. The van der Waals surface area contributed by atoms with Gasteiger partial charge in [-0.05, 0) is 19.1 Å². The molecule has 19 heavy (non-hydrogen) atoms. The molecule has 0 radical (unpaired) electrons. The first-order chi connectivity index (χ1) is 9.22. The molecule has 3 rings (SSSR count). The van der Waals surface area contributed by atoms with Gasteiger partial charge >= 0.3 is 5.69 Å². The maximum atomic E-state index is 11.4. The van der Waals surface area contributed by atoms with Crippen LogP contribution in [0.4, 0.5) is 5.82 Å². The summed E-state index contributed by atoms with van der Waals surface area (Å²) in [7, 11) is 0. The van der Waals surface area contributed by atoms with Crippen LogP contribution in [0, 0.1) is 0 Å². The van der Waals surface area contributed by atoms with E-state index in [-0.39, 0.29) is 11.7 Å².